The number of halogens is 1. The van der Waals surface area contributed by atoms with Crippen molar-refractivity contribution in [3.05, 3.63) is 35.1 Å². The Bertz CT molecular complexity index is 620. The zero-order valence-corrected chi connectivity index (χ0v) is 13.1. The second-order valence-corrected chi connectivity index (χ2v) is 4.93. The number of rotatable bonds is 6. The second kappa shape index (κ2) is 7.13. The molecular weight excluding hydrogens is 290 g/mol. The molecule has 2 rings (SSSR count). The maximum atomic E-state index is 6.14. The van der Waals surface area contributed by atoms with Crippen molar-refractivity contribution in [1.29, 1.82) is 0 Å². The van der Waals surface area contributed by atoms with E-state index in [1.54, 1.807) is 13.2 Å². The normalized spacial score (nSPS) is 10.3. The Labute approximate surface area is 129 Å². The molecule has 0 aliphatic carbocycles. The topological polar surface area (TPSA) is 56.3 Å². The maximum absolute atomic E-state index is 6.14. The summed E-state index contributed by atoms with van der Waals surface area (Å²) in [5, 5.41) is 3.69. The molecule has 0 fully saturated rings. The first-order valence-corrected chi connectivity index (χ1v) is 7.10. The number of hydrogen-bond donors (Lipinski definition) is 1. The zero-order chi connectivity index (χ0) is 15.2. The monoisotopic (exact) mass is 307 g/mol. The highest BCUT2D eigenvalue weighted by atomic mass is 35.5. The number of ether oxygens (including phenoxy) is 2. The van der Waals surface area contributed by atoms with Gasteiger partial charge in [0.15, 0.2) is 5.82 Å². The Morgan fingerprint density at radius 2 is 2.10 bits per heavy atom. The van der Waals surface area contributed by atoms with E-state index in [4.69, 9.17) is 21.1 Å². The molecule has 1 aromatic heterocycles. The second-order valence-electron chi connectivity index (χ2n) is 4.52. The van der Waals surface area contributed by atoms with E-state index in [2.05, 4.69) is 22.2 Å². The summed E-state index contributed by atoms with van der Waals surface area (Å²) in [6.45, 7) is 4.83. The Hall–Kier alpha value is -2.01. The van der Waals surface area contributed by atoms with Crippen LogP contribution in [0.4, 0.5) is 5.82 Å². The highest BCUT2D eigenvalue weighted by molar-refractivity contribution is 6.32. The Morgan fingerprint density at radius 3 is 2.81 bits per heavy atom. The number of anilines is 1. The molecule has 0 atom stereocenters. The minimum atomic E-state index is 0.332. The van der Waals surface area contributed by atoms with Gasteiger partial charge in [-0.25, -0.2) is 4.98 Å². The van der Waals surface area contributed by atoms with Gasteiger partial charge >= 0.3 is 0 Å². The van der Waals surface area contributed by atoms with Gasteiger partial charge in [0.25, 0.3) is 5.88 Å². The van der Waals surface area contributed by atoms with Gasteiger partial charge in [0.1, 0.15) is 12.1 Å². The minimum Gasteiger partial charge on any atom is -0.489 e. The summed E-state index contributed by atoms with van der Waals surface area (Å²) in [7, 11) is 1.56. The lowest BCUT2D eigenvalue weighted by Crippen LogP contribution is -2.06. The van der Waals surface area contributed by atoms with Gasteiger partial charge in [0.2, 0.25) is 5.75 Å². The fraction of sp³-hybridized carbons (Fsp3) is 0.333. The molecule has 1 N–H and O–H groups in total. The van der Waals surface area contributed by atoms with Crippen molar-refractivity contribution in [1.82, 2.24) is 9.97 Å². The molecule has 0 saturated heterocycles. The highest BCUT2D eigenvalue weighted by Gasteiger charge is 2.15. The largest absolute Gasteiger partial charge is 0.489 e. The number of hydrogen-bond acceptors (Lipinski definition) is 5. The van der Waals surface area contributed by atoms with Crippen LogP contribution < -0.4 is 14.8 Å². The predicted octanol–water partition coefficient (Wildman–Crippen LogP) is 4.06. The van der Waals surface area contributed by atoms with Crippen molar-refractivity contribution >= 4 is 17.4 Å². The van der Waals surface area contributed by atoms with Gasteiger partial charge in [-0.15, -0.1) is 0 Å². The lowest BCUT2D eigenvalue weighted by Gasteiger charge is -2.13. The van der Waals surface area contributed by atoms with E-state index in [1.807, 2.05) is 19.1 Å². The lowest BCUT2D eigenvalue weighted by molar-refractivity contribution is 0.369. The molecule has 21 heavy (non-hydrogen) atoms. The number of aromatic nitrogens is 2. The van der Waals surface area contributed by atoms with Crippen LogP contribution in [0.15, 0.2) is 24.5 Å². The highest BCUT2D eigenvalue weighted by Crippen LogP contribution is 2.36. The summed E-state index contributed by atoms with van der Waals surface area (Å²) in [5.41, 5.74) is 1.05. The molecule has 0 bridgehead atoms. The molecule has 112 valence electrons. The lowest BCUT2D eigenvalue weighted by atomic mass is 10.2. The summed E-state index contributed by atoms with van der Waals surface area (Å²) in [6, 6.07) is 5.56. The quantitative estimate of drug-likeness (QED) is 0.872. The van der Waals surface area contributed by atoms with Gasteiger partial charge in [-0.1, -0.05) is 24.6 Å². The van der Waals surface area contributed by atoms with Crippen LogP contribution in [0.5, 0.6) is 17.4 Å². The van der Waals surface area contributed by atoms with E-state index in [0.717, 1.165) is 18.5 Å². The van der Waals surface area contributed by atoms with Crippen molar-refractivity contribution in [2.75, 3.05) is 19.0 Å². The van der Waals surface area contributed by atoms with Gasteiger partial charge in [-0.3, -0.25) is 0 Å². The number of nitrogens with zero attached hydrogens (tertiary/aromatic N) is 2. The minimum absolute atomic E-state index is 0.332. The summed E-state index contributed by atoms with van der Waals surface area (Å²) >= 11 is 6.14. The molecule has 1 aromatic carbocycles. The van der Waals surface area contributed by atoms with Crippen LogP contribution >= 0.6 is 11.6 Å². The third kappa shape index (κ3) is 3.76. The molecule has 1 heterocycles. The number of methoxy groups -OCH3 is 1. The van der Waals surface area contributed by atoms with Gasteiger partial charge in [0, 0.05) is 6.54 Å². The first kappa shape index (κ1) is 15.4. The molecule has 6 heteroatoms. The van der Waals surface area contributed by atoms with Crippen LogP contribution in [0.25, 0.3) is 0 Å². The maximum Gasteiger partial charge on any atom is 0.268 e. The molecule has 0 spiro atoms. The third-order valence-corrected chi connectivity index (χ3v) is 3.12. The SMILES string of the molecule is CCCNc1ncnc(Oc2cc(C)ccc2Cl)c1OC. The average Bonchev–Trinajstić information content (AvgIpc) is 2.49. The van der Waals surface area contributed by atoms with Crippen LogP contribution in [-0.2, 0) is 0 Å². The molecule has 0 unspecified atom stereocenters. The molecule has 0 radical (unpaired) electrons. The molecule has 2 aromatic rings. The third-order valence-electron chi connectivity index (χ3n) is 2.81. The van der Waals surface area contributed by atoms with E-state index in [9.17, 15) is 0 Å². The number of nitrogens with one attached hydrogen (secondary N) is 1. The number of benzene rings is 1. The molecular formula is C15H18ClN3O2. The van der Waals surface area contributed by atoms with Crippen molar-refractivity contribution in [2.24, 2.45) is 0 Å². The van der Waals surface area contributed by atoms with Gasteiger partial charge in [-0.2, -0.15) is 4.98 Å². The predicted molar refractivity (Wildman–Crippen MR) is 83.6 cm³/mol. The fourth-order valence-corrected chi connectivity index (χ4v) is 1.93. The van der Waals surface area contributed by atoms with Crippen LogP contribution in [0.1, 0.15) is 18.9 Å². The van der Waals surface area contributed by atoms with Crippen molar-refractivity contribution in [3.63, 3.8) is 0 Å². The molecule has 0 aliphatic heterocycles. The molecule has 0 amide bonds. The molecule has 5 nitrogen and oxygen atoms in total. The first-order chi connectivity index (χ1) is 10.2. The molecule has 0 saturated carbocycles. The first-order valence-electron chi connectivity index (χ1n) is 6.72. The summed E-state index contributed by atoms with van der Waals surface area (Å²) in [4.78, 5) is 8.30. The van der Waals surface area contributed by atoms with E-state index >= 15 is 0 Å². The van der Waals surface area contributed by atoms with Crippen molar-refractivity contribution < 1.29 is 9.47 Å². The molecule has 0 aliphatic rings. The van der Waals surface area contributed by atoms with E-state index in [-0.39, 0.29) is 0 Å². The summed E-state index contributed by atoms with van der Waals surface area (Å²) < 4.78 is 11.1. The van der Waals surface area contributed by atoms with Crippen LogP contribution in [0.3, 0.4) is 0 Å². The van der Waals surface area contributed by atoms with Crippen LogP contribution in [0, 0.1) is 6.92 Å². The van der Waals surface area contributed by atoms with E-state index < -0.39 is 0 Å². The van der Waals surface area contributed by atoms with Gasteiger partial charge in [-0.05, 0) is 31.0 Å². The number of aryl methyl sites for hydroxylation is 1. The summed E-state index contributed by atoms with van der Waals surface area (Å²) in [6.07, 6.45) is 2.41. The standard InChI is InChI=1S/C15H18ClN3O2/c1-4-7-17-14-13(20-3)15(19-9-18-14)21-12-8-10(2)5-6-11(12)16/h5-6,8-9H,4,7H2,1-3H3,(H,17,18,19). The van der Waals surface area contributed by atoms with Crippen LogP contribution in [0.2, 0.25) is 5.02 Å². The Balaban J connectivity index is 2.33. The van der Waals surface area contributed by atoms with E-state index in [1.165, 1.54) is 6.33 Å². The summed E-state index contributed by atoms with van der Waals surface area (Å²) in [5.74, 6) is 1.94. The van der Waals surface area contributed by atoms with Gasteiger partial charge < -0.3 is 14.8 Å². The smallest absolute Gasteiger partial charge is 0.268 e. The Morgan fingerprint density at radius 1 is 1.29 bits per heavy atom. The fourth-order valence-electron chi connectivity index (χ4n) is 1.78. The average molecular weight is 308 g/mol. The van der Waals surface area contributed by atoms with Crippen molar-refractivity contribution in [2.45, 2.75) is 20.3 Å². The Kier molecular flexibility index (Phi) is 5.22. The van der Waals surface area contributed by atoms with Gasteiger partial charge in [0.05, 0.1) is 12.1 Å². The zero-order valence-electron chi connectivity index (χ0n) is 12.3. The van der Waals surface area contributed by atoms with Crippen LogP contribution in [-0.4, -0.2) is 23.6 Å². The van der Waals surface area contributed by atoms with E-state index in [0.29, 0.717) is 28.2 Å². The van der Waals surface area contributed by atoms with Crippen molar-refractivity contribution in [3.8, 4) is 17.4 Å².